The average molecular weight is 305 g/mol. The van der Waals surface area contributed by atoms with E-state index in [1.54, 1.807) is 24.1 Å². The maximum absolute atomic E-state index is 12.9. The van der Waals surface area contributed by atoms with E-state index in [2.05, 4.69) is 5.10 Å². The first-order valence-corrected chi connectivity index (χ1v) is 8.15. The SMILES string of the molecule is CC(CN(C(=O)c1ccnn1C1CCCC1)C1CC1)C(=O)O. The highest BCUT2D eigenvalue weighted by Gasteiger charge is 2.36. The maximum Gasteiger partial charge on any atom is 0.308 e. The Kier molecular flexibility index (Phi) is 4.18. The van der Waals surface area contributed by atoms with E-state index in [-0.39, 0.29) is 18.5 Å². The Labute approximate surface area is 130 Å². The number of aliphatic carboxylic acids is 1. The molecule has 0 aliphatic heterocycles. The highest BCUT2D eigenvalue weighted by molar-refractivity contribution is 5.93. The zero-order chi connectivity index (χ0) is 15.7. The molecule has 1 atom stereocenters. The third kappa shape index (κ3) is 3.00. The number of hydrogen-bond acceptors (Lipinski definition) is 3. The standard InChI is InChI=1S/C16H23N3O3/c1-11(16(21)22)10-18(12-6-7-12)15(20)14-8-9-17-19(14)13-4-2-3-5-13/h8-9,11-13H,2-7,10H2,1H3,(H,21,22). The van der Waals surface area contributed by atoms with Crippen molar-refractivity contribution in [1.82, 2.24) is 14.7 Å². The highest BCUT2D eigenvalue weighted by atomic mass is 16.4. The van der Waals surface area contributed by atoms with Crippen molar-refractivity contribution in [3.05, 3.63) is 18.0 Å². The average Bonchev–Trinajstić information content (AvgIpc) is 3.01. The zero-order valence-corrected chi connectivity index (χ0v) is 12.9. The fraction of sp³-hybridized carbons (Fsp3) is 0.688. The molecule has 2 aliphatic carbocycles. The number of amides is 1. The summed E-state index contributed by atoms with van der Waals surface area (Å²) in [4.78, 5) is 25.7. The number of hydrogen-bond donors (Lipinski definition) is 1. The quantitative estimate of drug-likeness (QED) is 0.875. The Morgan fingerprint density at radius 3 is 2.64 bits per heavy atom. The van der Waals surface area contributed by atoms with Gasteiger partial charge in [-0.3, -0.25) is 14.3 Å². The third-order valence-electron chi connectivity index (χ3n) is 4.70. The number of carboxylic acid groups (broad SMARTS) is 1. The summed E-state index contributed by atoms with van der Waals surface area (Å²) in [5, 5.41) is 13.5. The fourth-order valence-corrected chi connectivity index (χ4v) is 3.23. The summed E-state index contributed by atoms with van der Waals surface area (Å²) in [5.74, 6) is -1.48. The summed E-state index contributed by atoms with van der Waals surface area (Å²) in [6.45, 7) is 1.92. The predicted octanol–water partition coefficient (Wildman–Crippen LogP) is 2.32. The molecule has 0 bridgehead atoms. The molecule has 2 fully saturated rings. The molecule has 0 saturated heterocycles. The summed E-state index contributed by atoms with van der Waals surface area (Å²) >= 11 is 0. The number of nitrogens with zero attached hydrogens (tertiary/aromatic N) is 3. The Morgan fingerprint density at radius 2 is 2.05 bits per heavy atom. The van der Waals surface area contributed by atoms with E-state index < -0.39 is 11.9 Å². The molecule has 6 heteroatoms. The summed E-state index contributed by atoms with van der Waals surface area (Å²) in [7, 11) is 0. The molecule has 120 valence electrons. The van der Waals surface area contributed by atoms with Gasteiger partial charge in [0.2, 0.25) is 0 Å². The van der Waals surface area contributed by atoms with Gasteiger partial charge in [0.15, 0.2) is 0 Å². The maximum atomic E-state index is 12.9. The van der Waals surface area contributed by atoms with E-state index in [0.717, 1.165) is 25.7 Å². The molecule has 1 unspecified atom stereocenters. The highest BCUT2D eigenvalue weighted by Crippen LogP contribution is 2.32. The lowest BCUT2D eigenvalue weighted by atomic mass is 10.1. The third-order valence-corrected chi connectivity index (χ3v) is 4.70. The first-order valence-electron chi connectivity index (χ1n) is 8.15. The summed E-state index contributed by atoms with van der Waals surface area (Å²) in [6.07, 6.45) is 8.11. The predicted molar refractivity (Wildman–Crippen MR) is 80.6 cm³/mol. The second-order valence-electron chi connectivity index (χ2n) is 6.53. The van der Waals surface area contributed by atoms with Crippen LogP contribution in [0.2, 0.25) is 0 Å². The molecule has 1 amide bonds. The van der Waals surface area contributed by atoms with Crippen LogP contribution in [0.25, 0.3) is 0 Å². The second-order valence-corrected chi connectivity index (χ2v) is 6.53. The largest absolute Gasteiger partial charge is 0.481 e. The molecular weight excluding hydrogens is 282 g/mol. The molecule has 1 aromatic rings. The van der Waals surface area contributed by atoms with E-state index in [9.17, 15) is 9.59 Å². The lowest BCUT2D eigenvalue weighted by Crippen LogP contribution is -2.39. The van der Waals surface area contributed by atoms with Crippen molar-refractivity contribution in [3.8, 4) is 0 Å². The smallest absolute Gasteiger partial charge is 0.308 e. The first-order chi connectivity index (χ1) is 10.6. The number of carbonyl (C=O) groups is 2. The van der Waals surface area contributed by atoms with Crippen molar-refractivity contribution >= 4 is 11.9 Å². The van der Waals surface area contributed by atoms with Gasteiger partial charge >= 0.3 is 5.97 Å². The van der Waals surface area contributed by atoms with E-state index in [4.69, 9.17) is 5.11 Å². The van der Waals surface area contributed by atoms with Crippen molar-refractivity contribution < 1.29 is 14.7 Å². The molecular formula is C16H23N3O3. The molecule has 1 aromatic heterocycles. The molecule has 0 aromatic carbocycles. The van der Waals surface area contributed by atoms with Gasteiger partial charge in [-0.25, -0.2) is 0 Å². The molecule has 0 radical (unpaired) electrons. The molecule has 1 heterocycles. The van der Waals surface area contributed by atoms with Gasteiger partial charge in [-0.1, -0.05) is 19.8 Å². The number of carboxylic acids is 1. The summed E-state index contributed by atoms with van der Waals surface area (Å²) in [5.41, 5.74) is 0.608. The van der Waals surface area contributed by atoms with Gasteiger partial charge in [0.1, 0.15) is 5.69 Å². The van der Waals surface area contributed by atoms with Crippen LogP contribution in [0.3, 0.4) is 0 Å². The minimum absolute atomic E-state index is 0.0694. The van der Waals surface area contributed by atoms with Crippen LogP contribution in [0.1, 0.15) is 62.0 Å². The normalized spacial score (nSPS) is 20.0. The number of rotatable bonds is 6. The van der Waals surface area contributed by atoms with Gasteiger partial charge in [-0.05, 0) is 31.7 Å². The van der Waals surface area contributed by atoms with Crippen molar-refractivity contribution in [2.75, 3.05) is 6.54 Å². The Balaban J connectivity index is 1.78. The van der Waals surface area contributed by atoms with E-state index >= 15 is 0 Å². The molecule has 6 nitrogen and oxygen atoms in total. The van der Waals surface area contributed by atoms with E-state index in [1.165, 1.54) is 12.8 Å². The van der Waals surface area contributed by atoms with E-state index in [1.807, 2.05) is 4.68 Å². The van der Waals surface area contributed by atoms with Gasteiger partial charge in [-0.15, -0.1) is 0 Å². The lowest BCUT2D eigenvalue weighted by molar-refractivity contribution is -0.141. The molecule has 2 saturated carbocycles. The summed E-state index contributed by atoms with van der Waals surface area (Å²) in [6, 6.07) is 2.27. The molecule has 1 N–H and O–H groups in total. The molecule has 22 heavy (non-hydrogen) atoms. The monoisotopic (exact) mass is 305 g/mol. The fourth-order valence-electron chi connectivity index (χ4n) is 3.23. The van der Waals surface area contributed by atoms with Gasteiger partial charge in [-0.2, -0.15) is 5.10 Å². The van der Waals surface area contributed by atoms with Gasteiger partial charge in [0, 0.05) is 18.8 Å². The van der Waals surface area contributed by atoms with Crippen LogP contribution < -0.4 is 0 Å². The number of aromatic nitrogens is 2. The van der Waals surface area contributed by atoms with Crippen LogP contribution in [0, 0.1) is 5.92 Å². The topological polar surface area (TPSA) is 75.4 Å². The summed E-state index contributed by atoms with van der Waals surface area (Å²) < 4.78 is 1.86. The van der Waals surface area contributed by atoms with Gasteiger partial charge in [0.25, 0.3) is 5.91 Å². The minimum Gasteiger partial charge on any atom is -0.481 e. The van der Waals surface area contributed by atoms with Gasteiger partial charge < -0.3 is 10.0 Å². The van der Waals surface area contributed by atoms with Crippen molar-refractivity contribution in [2.45, 2.75) is 57.5 Å². The van der Waals surface area contributed by atoms with E-state index in [0.29, 0.717) is 11.7 Å². The Hall–Kier alpha value is -1.85. The van der Waals surface area contributed by atoms with Crippen molar-refractivity contribution in [3.63, 3.8) is 0 Å². The van der Waals surface area contributed by atoms with Crippen molar-refractivity contribution in [2.24, 2.45) is 5.92 Å². The first kappa shape index (κ1) is 15.1. The zero-order valence-electron chi connectivity index (χ0n) is 12.9. The lowest BCUT2D eigenvalue weighted by Gasteiger charge is -2.25. The van der Waals surface area contributed by atoms with Crippen LogP contribution in [-0.4, -0.2) is 44.3 Å². The van der Waals surface area contributed by atoms with Crippen LogP contribution in [0.4, 0.5) is 0 Å². The molecule has 0 spiro atoms. The molecule has 2 aliphatic rings. The van der Waals surface area contributed by atoms with Gasteiger partial charge in [0.05, 0.1) is 12.0 Å². The van der Waals surface area contributed by atoms with Crippen LogP contribution in [-0.2, 0) is 4.79 Å². The van der Waals surface area contributed by atoms with Crippen LogP contribution in [0.5, 0.6) is 0 Å². The number of carbonyl (C=O) groups excluding carboxylic acids is 1. The Morgan fingerprint density at radius 1 is 1.36 bits per heavy atom. The second kappa shape index (κ2) is 6.10. The van der Waals surface area contributed by atoms with Crippen LogP contribution in [0.15, 0.2) is 12.3 Å². The molecule has 3 rings (SSSR count). The van der Waals surface area contributed by atoms with Crippen LogP contribution >= 0.6 is 0 Å². The Bertz CT molecular complexity index is 559. The van der Waals surface area contributed by atoms with Crippen molar-refractivity contribution in [1.29, 1.82) is 0 Å². The minimum atomic E-state index is -0.859.